The summed E-state index contributed by atoms with van der Waals surface area (Å²) in [7, 11) is 0. The van der Waals surface area contributed by atoms with Crippen LogP contribution in [-0.4, -0.2) is 30.3 Å². The summed E-state index contributed by atoms with van der Waals surface area (Å²) in [5.41, 5.74) is 1.18. The molecule has 19 heavy (non-hydrogen) atoms. The molecule has 2 unspecified atom stereocenters. The maximum atomic E-state index is 5.95. The van der Waals surface area contributed by atoms with Gasteiger partial charge in [0.1, 0.15) is 0 Å². The molecule has 0 aliphatic rings. The third-order valence-electron chi connectivity index (χ3n) is 3.16. The molecule has 110 valence electrons. The quantitative estimate of drug-likeness (QED) is 0.754. The third-order valence-corrected chi connectivity index (χ3v) is 3.99. The van der Waals surface area contributed by atoms with Gasteiger partial charge in [0.15, 0.2) is 0 Å². The highest BCUT2D eigenvalue weighted by molar-refractivity contribution is 7.09. The fourth-order valence-electron chi connectivity index (χ4n) is 2.33. The van der Waals surface area contributed by atoms with E-state index in [1.165, 1.54) is 5.69 Å². The van der Waals surface area contributed by atoms with E-state index in [1.54, 1.807) is 11.3 Å². The largest absolute Gasteiger partial charge is 0.377 e. The molecule has 3 nitrogen and oxygen atoms in total. The van der Waals surface area contributed by atoms with Gasteiger partial charge in [0, 0.05) is 24.4 Å². The molecule has 0 aliphatic carbocycles. The lowest BCUT2D eigenvalue weighted by molar-refractivity contribution is 0.00343. The molecule has 0 amide bonds. The molecule has 0 saturated carbocycles. The molecule has 0 aliphatic heterocycles. The Morgan fingerprint density at radius 2 is 2.11 bits per heavy atom. The number of hydrogen-bond acceptors (Lipinski definition) is 4. The Hall–Kier alpha value is -0.450. The first-order valence-electron chi connectivity index (χ1n) is 7.34. The van der Waals surface area contributed by atoms with Crippen molar-refractivity contribution in [3.63, 3.8) is 0 Å². The van der Waals surface area contributed by atoms with E-state index in [0.717, 1.165) is 31.0 Å². The van der Waals surface area contributed by atoms with E-state index in [2.05, 4.69) is 50.3 Å². The minimum absolute atomic E-state index is 0.249. The number of ether oxygens (including phenoxy) is 1. The Balaban J connectivity index is 2.73. The van der Waals surface area contributed by atoms with E-state index in [-0.39, 0.29) is 6.10 Å². The molecular formula is C15H28N2OS. The number of thiazole rings is 1. The van der Waals surface area contributed by atoms with Gasteiger partial charge in [-0.2, -0.15) is 0 Å². The Kier molecular flexibility index (Phi) is 7.57. The van der Waals surface area contributed by atoms with Crippen LogP contribution >= 0.6 is 11.3 Å². The molecule has 0 spiro atoms. The first kappa shape index (κ1) is 16.6. The van der Waals surface area contributed by atoms with E-state index < -0.39 is 0 Å². The van der Waals surface area contributed by atoms with Crippen LogP contribution in [0.15, 0.2) is 5.38 Å². The zero-order valence-electron chi connectivity index (χ0n) is 12.9. The van der Waals surface area contributed by atoms with Gasteiger partial charge in [0.05, 0.1) is 16.8 Å². The van der Waals surface area contributed by atoms with Crippen molar-refractivity contribution in [3.05, 3.63) is 16.1 Å². The van der Waals surface area contributed by atoms with Crippen LogP contribution in [0.3, 0.4) is 0 Å². The highest BCUT2D eigenvalue weighted by atomic mass is 32.1. The van der Waals surface area contributed by atoms with Gasteiger partial charge in [-0.05, 0) is 32.7 Å². The maximum absolute atomic E-state index is 5.95. The number of aromatic nitrogens is 1. The van der Waals surface area contributed by atoms with E-state index in [1.807, 2.05) is 0 Å². The molecule has 1 rings (SSSR count). The average molecular weight is 284 g/mol. The molecule has 0 bridgehead atoms. The summed E-state index contributed by atoms with van der Waals surface area (Å²) in [4.78, 5) is 4.58. The van der Waals surface area contributed by atoms with Crippen molar-refractivity contribution < 1.29 is 4.74 Å². The zero-order valence-corrected chi connectivity index (χ0v) is 13.7. The zero-order chi connectivity index (χ0) is 14.3. The fraction of sp³-hybridized carbons (Fsp3) is 0.800. The maximum Gasteiger partial charge on any atom is 0.0897 e. The number of hydrogen-bond donors (Lipinski definition) is 1. The second kappa shape index (κ2) is 8.67. The molecule has 0 fully saturated rings. The molecule has 0 aromatic carbocycles. The molecule has 1 N–H and O–H groups in total. The van der Waals surface area contributed by atoms with Gasteiger partial charge in [-0.15, -0.1) is 11.3 Å². The van der Waals surface area contributed by atoms with E-state index >= 15 is 0 Å². The highest BCUT2D eigenvalue weighted by Crippen LogP contribution is 2.17. The Morgan fingerprint density at radius 3 is 2.58 bits per heavy atom. The fourth-order valence-corrected chi connectivity index (χ4v) is 2.95. The van der Waals surface area contributed by atoms with Crippen LogP contribution in [0.4, 0.5) is 0 Å². The number of rotatable bonds is 9. The molecule has 0 radical (unpaired) electrons. The molecule has 1 heterocycles. The van der Waals surface area contributed by atoms with Gasteiger partial charge < -0.3 is 10.1 Å². The monoisotopic (exact) mass is 284 g/mol. The number of aryl methyl sites for hydroxylation is 1. The summed E-state index contributed by atoms with van der Waals surface area (Å²) >= 11 is 1.72. The molecule has 0 saturated heterocycles. The predicted molar refractivity (Wildman–Crippen MR) is 82.9 cm³/mol. The Bertz CT molecular complexity index is 352. The van der Waals surface area contributed by atoms with Crippen molar-refractivity contribution in [2.75, 3.05) is 13.2 Å². The van der Waals surface area contributed by atoms with Crippen LogP contribution in [0.1, 0.15) is 44.8 Å². The molecule has 1 aromatic heterocycles. The minimum Gasteiger partial charge on any atom is -0.377 e. The van der Waals surface area contributed by atoms with Gasteiger partial charge in [-0.3, -0.25) is 0 Å². The number of nitrogens with one attached hydrogen (secondary N) is 1. The van der Waals surface area contributed by atoms with Crippen LogP contribution in [0.5, 0.6) is 0 Å². The van der Waals surface area contributed by atoms with Gasteiger partial charge in [-0.1, -0.05) is 20.8 Å². The van der Waals surface area contributed by atoms with E-state index in [4.69, 9.17) is 4.74 Å². The van der Waals surface area contributed by atoms with Crippen molar-refractivity contribution >= 4 is 11.3 Å². The van der Waals surface area contributed by atoms with Crippen LogP contribution < -0.4 is 5.32 Å². The Morgan fingerprint density at radius 1 is 1.37 bits per heavy atom. The van der Waals surface area contributed by atoms with Crippen LogP contribution in [0.25, 0.3) is 0 Å². The van der Waals surface area contributed by atoms with Crippen LogP contribution in [0, 0.1) is 12.8 Å². The highest BCUT2D eigenvalue weighted by Gasteiger charge is 2.25. The Labute approximate surface area is 121 Å². The summed E-state index contributed by atoms with van der Waals surface area (Å²) in [5.74, 6) is 0.508. The predicted octanol–water partition coefficient (Wildman–Crippen LogP) is 3.42. The smallest absolute Gasteiger partial charge is 0.0897 e. The van der Waals surface area contributed by atoms with Crippen molar-refractivity contribution in [1.82, 2.24) is 10.3 Å². The van der Waals surface area contributed by atoms with Crippen molar-refractivity contribution in [1.29, 1.82) is 0 Å². The lowest BCUT2D eigenvalue weighted by Gasteiger charge is -2.30. The van der Waals surface area contributed by atoms with E-state index in [9.17, 15) is 0 Å². The summed E-state index contributed by atoms with van der Waals surface area (Å²) < 4.78 is 5.95. The van der Waals surface area contributed by atoms with Crippen LogP contribution in [-0.2, 0) is 11.2 Å². The molecular weight excluding hydrogens is 256 g/mol. The van der Waals surface area contributed by atoms with E-state index in [0.29, 0.717) is 12.0 Å². The second-order valence-electron chi connectivity index (χ2n) is 5.29. The lowest BCUT2D eigenvalue weighted by atomic mass is 9.95. The van der Waals surface area contributed by atoms with Crippen molar-refractivity contribution in [2.24, 2.45) is 5.92 Å². The molecule has 2 atom stereocenters. The summed E-state index contributed by atoms with van der Waals surface area (Å²) in [6, 6.07) is 0.349. The van der Waals surface area contributed by atoms with Gasteiger partial charge >= 0.3 is 0 Å². The third kappa shape index (κ3) is 5.59. The summed E-state index contributed by atoms with van der Waals surface area (Å²) in [5, 5.41) is 6.94. The average Bonchev–Trinajstić information content (AvgIpc) is 2.77. The van der Waals surface area contributed by atoms with Gasteiger partial charge in [0.2, 0.25) is 0 Å². The van der Waals surface area contributed by atoms with Crippen molar-refractivity contribution in [2.45, 2.75) is 59.6 Å². The molecule has 1 aromatic rings. The first-order chi connectivity index (χ1) is 9.08. The number of nitrogens with zero attached hydrogens (tertiary/aromatic N) is 1. The standard InChI is InChI=1S/C15H28N2OS/c1-6-8-16-14(15(11(3)4)18-7-2)9-13-10-19-12(5)17-13/h10-11,14-16H,6-9H2,1-5H3. The SMILES string of the molecule is CCCNC(Cc1csc(C)n1)C(OCC)C(C)C. The summed E-state index contributed by atoms with van der Waals surface area (Å²) in [6.07, 6.45) is 2.34. The van der Waals surface area contributed by atoms with Crippen LogP contribution in [0.2, 0.25) is 0 Å². The normalized spacial score (nSPS) is 14.8. The van der Waals surface area contributed by atoms with Gasteiger partial charge in [0.25, 0.3) is 0 Å². The second-order valence-corrected chi connectivity index (χ2v) is 6.35. The minimum atomic E-state index is 0.249. The molecule has 4 heteroatoms. The van der Waals surface area contributed by atoms with Crippen molar-refractivity contribution in [3.8, 4) is 0 Å². The summed E-state index contributed by atoms with van der Waals surface area (Å²) in [6.45, 7) is 12.6. The van der Waals surface area contributed by atoms with Gasteiger partial charge in [-0.25, -0.2) is 4.98 Å². The lowest BCUT2D eigenvalue weighted by Crippen LogP contribution is -2.46. The topological polar surface area (TPSA) is 34.2 Å². The first-order valence-corrected chi connectivity index (χ1v) is 8.22.